The molecule has 2 heteroatoms. The lowest BCUT2D eigenvalue weighted by atomic mass is 10.00. The molecule has 0 aromatic heterocycles. The number of likely N-dealkylation sites (N-methyl/N-ethyl adjacent to an activating group) is 1. The van der Waals surface area contributed by atoms with Crippen molar-refractivity contribution in [1.82, 2.24) is 5.32 Å². The van der Waals surface area contributed by atoms with E-state index in [1.807, 2.05) is 6.92 Å². The summed E-state index contributed by atoms with van der Waals surface area (Å²) in [4.78, 5) is 0. The fraction of sp³-hybridized carbons (Fsp3) is 1.00. The minimum absolute atomic E-state index is 0.241. The molecule has 1 unspecified atom stereocenters. The highest BCUT2D eigenvalue weighted by Crippen LogP contribution is 2.05. The average molecular weight is 145 g/mol. The van der Waals surface area contributed by atoms with Crippen LogP contribution in [0.2, 0.25) is 0 Å². The Morgan fingerprint density at radius 3 is 1.90 bits per heavy atom. The summed E-state index contributed by atoms with van der Waals surface area (Å²) in [5.41, 5.74) is 0. The van der Waals surface area contributed by atoms with Gasteiger partial charge in [0.1, 0.15) is 0 Å². The van der Waals surface area contributed by atoms with Gasteiger partial charge in [-0.2, -0.15) is 0 Å². The van der Waals surface area contributed by atoms with Gasteiger partial charge in [-0.05, 0) is 19.4 Å². The Balaban J connectivity index is 3.73. The summed E-state index contributed by atoms with van der Waals surface area (Å²) in [6.45, 7) is 9.03. The zero-order chi connectivity index (χ0) is 8.15. The van der Waals surface area contributed by atoms with Crippen LogP contribution in [-0.2, 0) is 0 Å². The Morgan fingerprint density at radius 2 is 1.80 bits per heavy atom. The highest BCUT2D eigenvalue weighted by Gasteiger charge is 2.16. The van der Waals surface area contributed by atoms with Gasteiger partial charge in [-0.25, -0.2) is 0 Å². The first-order chi connectivity index (χ1) is 4.59. The molecule has 0 radical (unpaired) electrons. The fourth-order valence-corrected chi connectivity index (χ4v) is 1.20. The van der Waals surface area contributed by atoms with Crippen molar-refractivity contribution in [2.75, 3.05) is 6.54 Å². The van der Waals surface area contributed by atoms with Crippen molar-refractivity contribution in [1.29, 1.82) is 0 Å². The lowest BCUT2D eigenvalue weighted by Gasteiger charge is -2.24. The molecule has 10 heavy (non-hydrogen) atoms. The van der Waals surface area contributed by atoms with Crippen LogP contribution >= 0.6 is 0 Å². The van der Waals surface area contributed by atoms with Crippen molar-refractivity contribution in [3.63, 3.8) is 0 Å². The van der Waals surface area contributed by atoms with Crippen molar-refractivity contribution in [3.8, 4) is 0 Å². The van der Waals surface area contributed by atoms with E-state index in [9.17, 15) is 5.11 Å². The summed E-state index contributed by atoms with van der Waals surface area (Å²) in [6, 6.07) is 0.241. The molecule has 0 aliphatic rings. The van der Waals surface area contributed by atoms with Crippen LogP contribution in [0, 0.1) is 5.92 Å². The van der Waals surface area contributed by atoms with E-state index in [-0.39, 0.29) is 12.1 Å². The van der Waals surface area contributed by atoms with Crippen LogP contribution < -0.4 is 5.32 Å². The molecule has 0 saturated carbocycles. The van der Waals surface area contributed by atoms with Gasteiger partial charge in [-0.1, -0.05) is 20.8 Å². The molecule has 2 N–H and O–H groups in total. The number of rotatable bonds is 4. The lowest BCUT2D eigenvalue weighted by molar-refractivity contribution is 0.122. The molecule has 0 fully saturated rings. The van der Waals surface area contributed by atoms with E-state index in [0.29, 0.717) is 5.92 Å². The summed E-state index contributed by atoms with van der Waals surface area (Å²) in [5, 5.41) is 12.5. The molecule has 0 bridgehead atoms. The molecule has 0 aliphatic heterocycles. The molecule has 0 rings (SSSR count). The molecule has 0 amide bonds. The molecular formula is C8H19NO. The highest BCUT2D eigenvalue weighted by molar-refractivity contribution is 4.74. The molecule has 0 aromatic carbocycles. The number of aliphatic hydroxyl groups excluding tert-OH is 1. The van der Waals surface area contributed by atoms with Crippen molar-refractivity contribution in [3.05, 3.63) is 0 Å². The second-order valence-corrected chi connectivity index (χ2v) is 3.07. The number of hydrogen-bond acceptors (Lipinski definition) is 2. The second kappa shape index (κ2) is 4.69. The molecule has 0 heterocycles. The first kappa shape index (κ1) is 9.92. The average Bonchev–Trinajstić information content (AvgIpc) is 1.81. The van der Waals surface area contributed by atoms with Gasteiger partial charge in [0.2, 0.25) is 0 Å². The van der Waals surface area contributed by atoms with Crippen LogP contribution in [0.1, 0.15) is 27.7 Å². The summed E-state index contributed by atoms with van der Waals surface area (Å²) < 4.78 is 0. The van der Waals surface area contributed by atoms with Gasteiger partial charge in [0.05, 0.1) is 6.10 Å². The fourth-order valence-electron chi connectivity index (χ4n) is 1.20. The molecule has 62 valence electrons. The van der Waals surface area contributed by atoms with Crippen molar-refractivity contribution < 1.29 is 5.11 Å². The standard InChI is InChI=1S/C8H19NO/c1-5-9-8(6(2)3)7(4)10/h6-10H,5H2,1-4H3/t7?,8-/m1/s1. The normalized spacial score (nSPS) is 17.4. The van der Waals surface area contributed by atoms with Gasteiger partial charge in [0.15, 0.2) is 0 Å². The van der Waals surface area contributed by atoms with Crippen molar-refractivity contribution in [2.24, 2.45) is 5.92 Å². The minimum atomic E-state index is -0.250. The SMILES string of the molecule is CCN[C@H](C(C)C)C(C)O. The van der Waals surface area contributed by atoms with E-state index in [1.165, 1.54) is 0 Å². The first-order valence-electron chi connectivity index (χ1n) is 4.01. The predicted octanol–water partition coefficient (Wildman–Crippen LogP) is 1.00. The Kier molecular flexibility index (Phi) is 4.65. The van der Waals surface area contributed by atoms with Gasteiger partial charge in [-0.15, -0.1) is 0 Å². The molecule has 0 aliphatic carbocycles. The van der Waals surface area contributed by atoms with E-state index in [1.54, 1.807) is 0 Å². The van der Waals surface area contributed by atoms with Gasteiger partial charge >= 0.3 is 0 Å². The Bertz CT molecular complexity index is 73.3. The quantitative estimate of drug-likeness (QED) is 0.618. The zero-order valence-electron chi connectivity index (χ0n) is 7.39. The second-order valence-electron chi connectivity index (χ2n) is 3.07. The third kappa shape index (κ3) is 3.18. The molecule has 2 atom stereocenters. The highest BCUT2D eigenvalue weighted by atomic mass is 16.3. The molecule has 0 spiro atoms. The van der Waals surface area contributed by atoms with Crippen molar-refractivity contribution >= 4 is 0 Å². The summed E-state index contributed by atoms with van der Waals surface area (Å²) >= 11 is 0. The van der Waals surface area contributed by atoms with Crippen LogP contribution in [0.25, 0.3) is 0 Å². The Labute approximate surface area is 63.6 Å². The van der Waals surface area contributed by atoms with E-state index in [4.69, 9.17) is 0 Å². The van der Waals surface area contributed by atoms with Crippen LogP contribution in [0.4, 0.5) is 0 Å². The van der Waals surface area contributed by atoms with Crippen LogP contribution in [0.5, 0.6) is 0 Å². The summed E-state index contributed by atoms with van der Waals surface area (Å²) in [6.07, 6.45) is -0.250. The number of hydrogen-bond donors (Lipinski definition) is 2. The van der Waals surface area contributed by atoms with E-state index in [0.717, 1.165) is 6.54 Å². The van der Waals surface area contributed by atoms with Gasteiger partial charge in [0, 0.05) is 6.04 Å². The van der Waals surface area contributed by atoms with Crippen LogP contribution in [0.15, 0.2) is 0 Å². The predicted molar refractivity (Wildman–Crippen MR) is 44.0 cm³/mol. The number of aliphatic hydroxyl groups is 1. The molecule has 0 aromatic rings. The lowest BCUT2D eigenvalue weighted by Crippen LogP contribution is -2.42. The summed E-state index contributed by atoms with van der Waals surface area (Å²) in [7, 11) is 0. The smallest absolute Gasteiger partial charge is 0.0667 e. The third-order valence-corrected chi connectivity index (χ3v) is 1.68. The zero-order valence-corrected chi connectivity index (χ0v) is 7.39. The Morgan fingerprint density at radius 1 is 1.30 bits per heavy atom. The maximum atomic E-state index is 9.25. The van der Waals surface area contributed by atoms with Gasteiger partial charge in [0.25, 0.3) is 0 Å². The van der Waals surface area contributed by atoms with E-state index >= 15 is 0 Å². The Hall–Kier alpha value is -0.0800. The number of nitrogens with one attached hydrogen (secondary N) is 1. The largest absolute Gasteiger partial charge is 0.392 e. The molecule has 0 saturated heterocycles. The molecule has 2 nitrogen and oxygen atoms in total. The van der Waals surface area contributed by atoms with Gasteiger partial charge < -0.3 is 10.4 Å². The van der Waals surface area contributed by atoms with Crippen LogP contribution in [0.3, 0.4) is 0 Å². The monoisotopic (exact) mass is 145 g/mol. The topological polar surface area (TPSA) is 32.3 Å². The maximum absolute atomic E-state index is 9.25. The van der Waals surface area contributed by atoms with E-state index < -0.39 is 0 Å². The van der Waals surface area contributed by atoms with E-state index in [2.05, 4.69) is 26.1 Å². The molecular weight excluding hydrogens is 126 g/mol. The van der Waals surface area contributed by atoms with Gasteiger partial charge in [-0.3, -0.25) is 0 Å². The first-order valence-corrected chi connectivity index (χ1v) is 4.01. The maximum Gasteiger partial charge on any atom is 0.0667 e. The van der Waals surface area contributed by atoms with Crippen molar-refractivity contribution in [2.45, 2.75) is 39.8 Å². The van der Waals surface area contributed by atoms with Crippen LogP contribution in [-0.4, -0.2) is 23.8 Å². The third-order valence-electron chi connectivity index (χ3n) is 1.68. The summed E-state index contributed by atoms with van der Waals surface area (Å²) in [5.74, 6) is 0.500. The minimum Gasteiger partial charge on any atom is -0.392 e.